The molecule has 0 bridgehead atoms. The van der Waals surface area contributed by atoms with Crippen molar-refractivity contribution in [3.63, 3.8) is 0 Å². The van der Waals surface area contributed by atoms with Crippen molar-refractivity contribution in [3.8, 4) is 0 Å². The third kappa shape index (κ3) is 5.15. The van der Waals surface area contributed by atoms with Gasteiger partial charge in [-0.1, -0.05) is 78.9 Å². The molecular formula is C23H27O3P. The van der Waals surface area contributed by atoms with E-state index in [1.54, 1.807) is 7.11 Å². The molecule has 0 spiro atoms. The summed E-state index contributed by atoms with van der Waals surface area (Å²) in [5.74, 6) is 0.0692. The van der Waals surface area contributed by atoms with Gasteiger partial charge in [0.2, 0.25) is 0 Å². The summed E-state index contributed by atoms with van der Waals surface area (Å²) in [6.07, 6.45) is 3.78. The van der Waals surface area contributed by atoms with Crippen molar-refractivity contribution >= 4 is 18.8 Å². The Hall–Kier alpha value is -1.77. The molecule has 3 nitrogen and oxygen atoms in total. The lowest BCUT2D eigenvalue weighted by Gasteiger charge is -2.32. The lowest BCUT2D eigenvalue weighted by molar-refractivity contribution is 0.101. The maximum Gasteiger partial charge on any atom is 0.0922 e. The monoisotopic (exact) mass is 382 g/mol. The van der Waals surface area contributed by atoms with E-state index in [9.17, 15) is 5.11 Å². The van der Waals surface area contributed by atoms with E-state index in [0.29, 0.717) is 6.61 Å². The van der Waals surface area contributed by atoms with Crippen LogP contribution in [-0.4, -0.2) is 31.5 Å². The first-order valence-corrected chi connectivity index (χ1v) is 10.5. The standard InChI is InChI=1S/C23H27O3P/c1-18-20(17-24)15-19(16-23(18)25-2)13-14-26-27(21-9-5-3-6-10-21)22-11-7-4-8-12-22/h3-13,20,23-24H,1,14-17H2,2H3/b19-13-/t20-,23+/m0/s1. The molecule has 142 valence electrons. The van der Waals surface area contributed by atoms with Crippen molar-refractivity contribution in [2.24, 2.45) is 5.92 Å². The van der Waals surface area contributed by atoms with Gasteiger partial charge in [0.25, 0.3) is 0 Å². The average Bonchev–Trinajstić information content (AvgIpc) is 2.73. The van der Waals surface area contributed by atoms with Crippen molar-refractivity contribution in [1.82, 2.24) is 0 Å². The lowest BCUT2D eigenvalue weighted by Crippen LogP contribution is -2.28. The number of aliphatic hydroxyl groups excluding tert-OH is 1. The van der Waals surface area contributed by atoms with E-state index >= 15 is 0 Å². The number of ether oxygens (including phenoxy) is 1. The fourth-order valence-corrected chi connectivity index (χ4v) is 5.11. The molecule has 0 unspecified atom stereocenters. The zero-order valence-corrected chi connectivity index (χ0v) is 16.6. The number of hydrogen-bond acceptors (Lipinski definition) is 3. The van der Waals surface area contributed by atoms with E-state index in [4.69, 9.17) is 9.26 Å². The summed E-state index contributed by atoms with van der Waals surface area (Å²) in [4.78, 5) is 0. The molecule has 2 aromatic rings. The van der Waals surface area contributed by atoms with E-state index in [1.807, 2.05) is 12.1 Å². The molecule has 1 aliphatic rings. The molecule has 1 fully saturated rings. The van der Waals surface area contributed by atoms with Crippen LogP contribution < -0.4 is 10.6 Å². The molecule has 27 heavy (non-hydrogen) atoms. The Morgan fingerprint density at radius 2 is 1.63 bits per heavy atom. The van der Waals surface area contributed by atoms with Crippen molar-refractivity contribution in [1.29, 1.82) is 0 Å². The van der Waals surface area contributed by atoms with Crippen LogP contribution in [0.4, 0.5) is 0 Å². The second kappa shape index (κ2) is 9.96. The van der Waals surface area contributed by atoms with Crippen molar-refractivity contribution in [2.45, 2.75) is 18.9 Å². The smallest absolute Gasteiger partial charge is 0.0922 e. The van der Waals surface area contributed by atoms with Crippen LogP contribution in [0, 0.1) is 5.92 Å². The quantitative estimate of drug-likeness (QED) is 0.582. The Bertz CT molecular complexity index is 700. The average molecular weight is 382 g/mol. The molecule has 4 heteroatoms. The van der Waals surface area contributed by atoms with E-state index < -0.39 is 8.15 Å². The minimum Gasteiger partial charge on any atom is -0.396 e. The second-order valence-corrected chi connectivity index (χ2v) is 8.59. The fourth-order valence-electron chi connectivity index (χ4n) is 3.40. The van der Waals surface area contributed by atoms with E-state index in [2.05, 4.69) is 61.2 Å². The molecule has 0 amide bonds. The summed E-state index contributed by atoms with van der Waals surface area (Å²) in [5.41, 5.74) is 2.26. The molecule has 1 N–H and O–H groups in total. The summed E-state index contributed by atoms with van der Waals surface area (Å²) in [6.45, 7) is 4.76. The molecule has 1 aliphatic carbocycles. The van der Waals surface area contributed by atoms with E-state index in [0.717, 1.165) is 18.4 Å². The van der Waals surface area contributed by atoms with Gasteiger partial charge in [-0.2, -0.15) is 0 Å². The zero-order chi connectivity index (χ0) is 19.1. The molecule has 0 aromatic heterocycles. The highest BCUT2D eigenvalue weighted by atomic mass is 31.1. The molecule has 2 aromatic carbocycles. The summed E-state index contributed by atoms with van der Waals surface area (Å²) >= 11 is 0. The molecular weight excluding hydrogens is 355 g/mol. The maximum absolute atomic E-state index is 9.63. The normalized spacial score (nSPS) is 21.7. The third-order valence-electron chi connectivity index (χ3n) is 4.96. The summed E-state index contributed by atoms with van der Waals surface area (Å²) in [5, 5.41) is 12.0. The van der Waals surface area contributed by atoms with E-state index in [1.165, 1.54) is 16.2 Å². The molecule has 1 saturated carbocycles. The minimum atomic E-state index is -0.859. The number of hydrogen-bond donors (Lipinski definition) is 1. The van der Waals surface area contributed by atoms with Gasteiger partial charge in [0.1, 0.15) is 0 Å². The van der Waals surface area contributed by atoms with Gasteiger partial charge in [-0.25, -0.2) is 0 Å². The predicted molar refractivity (Wildman–Crippen MR) is 113 cm³/mol. The minimum absolute atomic E-state index is 0.0214. The first-order chi connectivity index (χ1) is 13.2. The number of benzene rings is 2. The molecule has 0 aliphatic heterocycles. The number of methoxy groups -OCH3 is 1. The van der Waals surface area contributed by atoms with Crippen LogP contribution in [0.3, 0.4) is 0 Å². The first kappa shape index (κ1) is 20.0. The first-order valence-electron chi connectivity index (χ1n) is 9.26. The molecule has 0 heterocycles. The molecule has 0 radical (unpaired) electrons. The van der Waals surface area contributed by atoms with Crippen LogP contribution >= 0.6 is 8.15 Å². The lowest BCUT2D eigenvalue weighted by atomic mass is 9.80. The van der Waals surface area contributed by atoms with Gasteiger partial charge >= 0.3 is 0 Å². The highest BCUT2D eigenvalue weighted by Gasteiger charge is 2.28. The van der Waals surface area contributed by atoms with Crippen LogP contribution in [0.5, 0.6) is 0 Å². The van der Waals surface area contributed by atoms with Gasteiger partial charge in [-0.3, -0.25) is 0 Å². The largest absolute Gasteiger partial charge is 0.396 e. The summed E-state index contributed by atoms with van der Waals surface area (Å²) in [7, 11) is 0.843. The molecule has 3 rings (SSSR count). The molecule has 2 atom stereocenters. The van der Waals surface area contributed by atoms with Gasteiger partial charge < -0.3 is 14.4 Å². The summed E-state index contributed by atoms with van der Waals surface area (Å²) in [6, 6.07) is 20.8. The Balaban J connectivity index is 1.72. The number of rotatable bonds is 7. The van der Waals surface area contributed by atoms with Crippen LogP contribution in [0.15, 0.2) is 84.5 Å². The maximum atomic E-state index is 9.63. The van der Waals surface area contributed by atoms with Crippen molar-refractivity contribution < 1.29 is 14.4 Å². The summed E-state index contributed by atoms with van der Waals surface area (Å²) < 4.78 is 11.9. The van der Waals surface area contributed by atoms with E-state index in [-0.39, 0.29) is 18.6 Å². The Labute approximate surface area is 163 Å². The number of aliphatic hydroxyl groups is 1. The third-order valence-corrected chi connectivity index (χ3v) is 6.90. The highest BCUT2D eigenvalue weighted by molar-refractivity contribution is 7.68. The SMILES string of the molecule is C=C1[C@H](CO)C/C(=C/COP(c2ccccc2)c2ccccc2)C[C@H]1OC. The Kier molecular flexibility index (Phi) is 7.37. The van der Waals surface area contributed by atoms with Gasteiger partial charge in [0.15, 0.2) is 0 Å². The highest BCUT2D eigenvalue weighted by Crippen LogP contribution is 2.36. The fraction of sp³-hybridized carbons (Fsp3) is 0.304. The second-order valence-electron chi connectivity index (χ2n) is 6.71. The van der Waals surface area contributed by atoms with Crippen LogP contribution in [0.25, 0.3) is 0 Å². The molecule has 0 saturated heterocycles. The Morgan fingerprint density at radius 3 is 2.15 bits per heavy atom. The van der Waals surface area contributed by atoms with Crippen molar-refractivity contribution in [3.05, 3.63) is 84.5 Å². The van der Waals surface area contributed by atoms with Gasteiger partial charge in [0, 0.05) is 30.2 Å². The van der Waals surface area contributed by atoms with Crippen LogP contribution in [-0.2, 0) is 9.26 Å². The van der Waals surface area contributed by atoms with Gasteiger partial charge in [0.05, 0.1) is 20.9 Å². The van der Waals surface area contributed by atoms with Crippen molar-refractivity contribution in [2.75, 3.05) is 20.3 Å². The van der Waals surface area contributed by atoms with Gasteiger partial charge in [-0.15, -0.1) is 0 Å². The predicted octanol–water partition coefficient (Wildman–Crippen LogP) is 3.95. The van der Waals surface area contributed by atoms with Crippen LogP contribution in [0.2, 0.25) is 0 Å². The topological polar surface area (TPSA) is 38.7 Å². The van der Waals surface area contributed by atoms with Gasteiger partial charge in [-0.05, 0) is 18.4 Å². The van der Waals surface area contributed by atoms with Crippen LogP contribution in [0.1, 0.15) is 12.8 Å². The zero-order valence-electron chi connectivity index (χ0n) is 15.8. The Morgan fingerprint density at radius 1 is 1.04 bits per heavy atom.